The van der Waals surface area contributed by atoms with Crippen LogP contribution in [0.5, 0.6) is 0 Å². The molecule has 1 aromatic carbocycles. The Bertz CT molecular complexity index is 1080. The van der Waals surface area contributed by atoms with Crippen LogP contribution in [0.15, 0.2) is 29.3 Å². The summed E-state index contributed by atoms with van der Waals surface area (Å²) in [6.07, 6.45) is 3.98. The predicted octanol–water partition coefficient (Wildman–Crippen LogP) is 2.89. The van der Waals surface area contributed by atoms with Crippen LogP contribution in [0.2, 0.25) is 10.2 Å². The Morgan fingerprint density at radius 1 is 1.16 bits per heavy atom. The summed E-state index contributed by atoms with van der Waals surface area (Å²) in [4.78, 5) is 30.5. The van der Waals surface area contributed by atoms with Gasteiger partial charge in [0.2, 0.25) is 0 Å². The highest BCUT2D eigenvalue weighted by atomic mass is 35.5. The fourth-order valence-corrected chi connectivity index (χ4v) is 5.37. The average Bonchev–Trinajstić information content (AvgIpc) is 2.95. The zero-order chi connectivity index (χ0) is 27.7. The van der Waals surface area contributed by atoms with E-state index in [0.29, 0.717) is 30.1 Å². The molecule has 0 saturated carbocycles. The molecule has 0 amide bonds. The molecule has 2 saturated heterocycles. The maximum atomic E-state index is 11.1. The number of carbonyl (C=O) groups excluding carboxylic acids is 1. The van der Waals surface area contributed by atoms with Gasteiger partial charge in [-0.05, 0) is 50.0 Å². The first-order chi connectivity index (χ1) is 18.3. The van der Waals surface area contributed by atoms with E-state index >= 15 is 0 Å². The first-order valence-electron chi connectivity index (χ1n) is 12.9. The maximum Gasteiger partial charge on any atom is 0.188 e. The number of benzene rings is 1. The molecular formula is C26H39Cl2N9O. The van der Waals surface area contributed by atoms with E-state index in [0.717, 1.165) is 50.7 Å². The molecule has 0 spiro atoms. The van der Waals surface area contributed by atoms with E-state index in [9.17, 15) is 4.79 Å². The minimum absolute atomic E-state index is 0.0924. The lowest BCUT2D eigenvalue weighted by Crippen LogP contribution is -2.58. The number of piperidine rings is 1. The van der Waals surface area contributed by atoms with E-state index in [1.54, 1.807) is 14.1 Å². The van der Waals surface area contributed by atoms with Crippen molar-refractivity contribution in [3.63, 3.8) is 0 Å². The summed E-state index contributed by atoms with van der Waals surface area (Å²) in [5, 5.41) is 3.66. The van der Waals surface area contributed by atoms with Crippen LogP contribution in [0.3, 0.4) is 0 Å². The molecule has 12 heteroatoms. The summed E-state index contributed by atoms with van der Waals surface area (Å²) in [5.41, 5.74) is 12.4. The van der Waals surface area contributed by atoms with Crippen molar-refractivity contribution in [1.29, 1.82) is 0 Å². The lowest BCUT2D eigenvalue weighted by atomic mass is 9.98. The fourth-order valence-electron chi connectivity index (χ4n) is 4.99. The minimum atomic E-state index is 0.0924. The van der Waals surface area contributed by atoms with Gasteiger partial charge in [-0.1, -0.05) is 42.3 Å². The molecule has 0 bridgehead atoms. The van der Waals surface area contributed by atoms with Crippen molar-refractivity contribution >= 4 is 47.1 Å². The molecule has 208 valence electrons. The number of likely N-dealkylation sites (tertiary alicyclic amines) is 1. The number of anilines is 2. The number of aldehydes is 1. The number of rotatable bonds is 6. The molecule has 0 aliphatic carbocycles. The first kappa shape index (κ1) is 29.9. The number of nitrogens with two attached hydrogens (primary N) is 2. The van der Waals surface area contributed by atoms with Crippen LogP contribution < -0.4 is 21.7 Å². The maximum absolute atomic E-state index is 11.1. The van der Waals surface area contributed by atoms with Gasteiger partial charge in [0.25, 0.3) is 0 Å². The van der Waals surface area contributed by atoms with Crippen LogP contribution in [0.4, 0.5) is 11.6 Å². The number of nitrogens with zero attached hydrogens (tertiary/aromatic N) is 6. The number of piperazine rings is 1. The summed E-state index contributed by atoms with van der Waals surface area (Å²) in [6.45, 7) is 8.01. The Kier molecular flexibility index (Phi) is 11.4. The van der Waals surface area contributed by atoms with Crippen molar-refractivity contribution in [1.82, 2.24) is 25.1 Å². The number of aliphatic imine (C=N–C) groups is 1. The van der Waals surface area contributed by atoms with Crippen LogP contribution in [-0.2, 0) is 6.54 Å². The van der Waals surface area contributed by atoms with Crippen molar-refractivity contribution in [3.8, 4) is 0 Å². The first-order valence-corrected chi connectivity index (χ1v) is 13.7. The van der Waals surface area contributed by atoms with Crippen LogP contribution in [-0.4, -0.2) is 90.9 Å². The van der Waals surface area contributed by atoms with E-state index in [2.05, 4.69) is 54.0 Å². The summed E-state index contributed by atoms with van der Waals surface area (Å²) >= 11 is 12.3. The topological polar surface area (TPSA) is 129 Å². The SMILES string of the molecule is CCC1CN(c2nc(N)c(C=O)nc2Cl)CCN1C1CCN(Cc2ccc(Cl)cc2)CC1.CN=C(N)NC. The summed E-state index contributed by atoms with van der Waals surface area (Å²) in [6, 6.07) is 9.16. The zero-order valence-electron chi connectivity index (χ0n) is 22.4. The third-order valence-electron chi connectivity index (χ3n) is 7.15. The Labute approximate surface area is 235 Å². The van der Waals surface area contributed by atoms with Crippen LogP contribution >= 0.6 is 23.2 Å². The second-order valence-electron chi connectivity index (χ2n) is 9.46. The van der Waals surface area contributed by atoms with Gasteiger partial charge >= 0.3 is 0 Å². The minimum Gasteiger partial charge on any atom is -0.382 e. The van der Waals surface area contributed by atoms with Gasteiger partial charge < -0.3 is 21.7 Å². The zero-order valence-corrected chi connectivity index (χ0v) is 23.9. The number of nitrogen functional groups attached to an aromatic ring is 1. The van der Waals surface area contributed by atoms with Gasteiger partial charge in [-0.3, -0.25) is 19.6 Å². The Balaban J connectivity index is 0.000000599. The number of carbonyl (C=O) groups is 1. The monoisotopic (exact) mass is 563 g/mol. The normalized spacial score (nSPS) is 19.6. The van der Waals surface area contributed by atoms with Crippen molar-refractivity contribution in [2.75, 3.05) is 57.5 Å². The van der Waals surface area contributed by atoms with Gasteiger partial charge in [0.1, 0.15) is 5.69 Å². The number of aromatic nitrogens is 2. The van der Waals surface area contributed by atoms with E-state index < -0.39 is 0 Å². The van der Waals surface area contributed by atoms with Crippen molar-refractivity contribution < 1.29 is 4.79 Å². The Hall–Kier alpha value is -2.66. The number of nitrogens with one attached hydrogen (secondary N) is 1. The number of guanidine groups is 1. The molecule has 3 heterocycles. The third-order valence-corrected chi connectivity index (χ3v) is 7.65. The molecule has 2 aliphatic heterocycles. The smallest absolute Gasteiger partial charge is 0.188 e. The Morgan fingerprint density at radius 2 is 1.84 bits per heavy atom. The largest absolute Gasteiger partial charge is 0.382 e. The van der Waals surface area contributed by atoms with Gasteiger partial charge in [-0.25, -0.2) is 9.97 Å². The predicted molar refractivity (Wildman–Crippen MR) is 156 cm³/mol. The quantitative estimate of drug-likeness (QED) is 0.276. The molecule has 2 aromatic rings. The Morgan fingerprint density at radius 3 is 2.39 bits per heavy atom. The molecule has 1 unspecified atom stereocenters. The molecule has 1 atom stereocenters. The lowest BCUT2D eigenvalue weighted by molar-refractivity contribution is 0.0610. The van der Waals surface area contributed by atoms with Gasteiger partial charge in [0.05, 0.1) is 0 Å². The fraction of sp³-hybridized carbons (Fsp3) is 0.538. The van der Waals surface area contributed by atoms with Gasteiger partial charge in [-0.15, -0.1) is 0 Å². The van der Waals surface area contributed by atoms with Gasteiger partial charge in [0.15, 0.2) is 29.0 Å². The van der Waals surface area contributed by atoms with Crippen molar-refractivity contribution in [2.24, 2.45) is 10.7 Å². The van der Waals surface area contributed by atoms with Crippen molar-refractivity contribution in [2.45, 2.75) is 44.8 Å². The van der Waals surface area contributed by atoms with Crippen LogP contribution in [0, 0.1) is 0 Å². The second kappa shape index (κ2) is 14.5. The molecule has 4 rings (SSSR count). The second-order valence-corrected chi connectivity index (χ2v) is 10.3. The van der Waals surface area contributed by atoms with Crippen molar-refractivity contribution in [3.05, 3.63) is 45.7 Å². The molecule has 2 fully saturated rings. The summed E-state index contributed by atoms with van der Waals surface area (Å²) < 4.78 is 0. The number of hydrogen-bond acceptors (Lipinski definition) is 8. The molecule has 1 aromatic heterocycles. The van der Waals surface area contributed by atoms with Gasteiger partial charge in [0, 0.05) is 57.4 Å². The number of hydrogen-bond donors (Lipinski definition) is 3. The highest BCUT2D eigenvalue weighted by Gasteiger charge is 2.34. The highest BCUT2D eigenvalue weighted by Crippen LogP contribution is 2.29. The number of halogens is 2. The molecule has 2 aliphatic rings. The molecule has 5 N–H and O–H groups in total. The van der Waals surface area contributed by atoms with E-state index in [1.807, 2.05) is 12.1 Å². The van der Waals surface area contributed by atoms with Gasteiger partial charge in [-0.2, -0.15) is 0 Å². The van der Waals surface area contributed by atoms with E-state index in [1.165, 1.54) is 18.4 Å². The summed E-state index contributed by atoms with van der Waals surface area (Å²) in [7, 11) is 3.36. The average molecular weight is 565 g/mol. The highest BCUT2D eigenvalue weighted by molar-refractivity contribution is 6.32. The molecule has 10 nitrogen and oxygen atoms in total. The van der Waals surface area contributed by atoms with E-state index in [-0.39, 0.29) is 16.7 Å². The standard InChI is InChI=1S/C23H30Cl2N6O.C3H9N3/c1-2-18-14-30(23-21(25)27-20(15-32)22(26)28-23)11-12-31(18)19-7-9-29(10-8-19)13-16-3-5-17(24)6-4-16;1-5-3(4)6-2/h3-6,15,18-19H,2,7-14H2,1H3,(H2,26,28);1-2H3,(H3,4,5,6). The summed E-state index contributed by atoms with van der Waals surface area (Å²) in [5.74, 6) is 1.17. The lowest BCUT2D eigenvalue weighted by Gasteiger charge is -2.47. The van der Waals surface area contributed by atoms with E-state index in [4.69, 9.17) is 34.7 Å². The van der Waals surface area contributed by atoms with Crippen LogP contribution in [0.1, 0.15) is 42.2 Å². The molecular weight excluding hydrogens is 525 g/mol. The van der Waals surface area contributed by atoms with Crippen LogP contribution in [0.25, 0.3) is 0 Å². The molecule has 0 radical (unpaired) electrons. The third kappa shape index (κ3) is 7.92. The molecule has 38 heavy (non-hydrogen) atoms.